The summed E-state index contributed by atoms with van der Waals surface area (Å²) in [4.78, 5) is 4.03. The second-order valence-electron chi connectivity index (χ2n) is 4.14. The van der Waals surface area contributed by atoms with E-state index in [-0.39, 0.29) is 4.90 Å². The van der Waals surface area contributed by atoms with Gasteiger partial charge in [-0.1, -0.05) is 6.07 Å². The van der Waals surface area contributed by atoms with E-state index in [1.165, 1.54) is 17.1 Å². The standard InChI is InChI=1S/C12H13F3N4S/c1-19-11(17-7-18-19)20-10-3-2-8(4-5-16)6-9(10)12(13,14)15/h2-3,6-7H,4-5,16H2,1H3. The number of hydrogen-bond acceptors (Lipinski definition) is 4. The van der Waals surface area contributed by atoms with Gasteiger partial charge in [0.15, 0.2) is 5.16 Å². The van der Waals surface area contributed by atoms with Crippen molar-refractivity contribution in [3.63, 3.8) is 0 Å². The molecule has 108 valence electrons. The van der Waals surface area contributed by atoms with E-state index in [1.807, 2.05) is 0 Å². The molecule has 0 aliphatic carbocycles. The number of nitrogens with two attached hydrogens (primary N) is 1. The topological polar surface area (TPSA) is 56.7 Å². The van der Waals surface area contributed by atoms with Crippen LogP contribution in [0.4, 0.5) is 13.2 Å². The van der Waals surface area contributed by atoms with Gasteiger partial charge in [-0.25, -0.2) is 9.67 Å². The van der Waals surface area contributed by atoms with Crippen LogP contribution in [0.15, 0.2) is 34.6 Å². The Bertz CT molecular complexity index is 595. The highest BCUT2D eigenvalue weighted by atomic mass is 32.2. The lowest BCUT2D eigenvalue weighted by molar-refractivity contribution is -0.139. The molecule has 0 bridgehead atoms. The van der Waals surface area contributed by atoms with Gasteiger partial charge in [0.2, 0.25) is 0 Å². The largest absolute Gasteiger partial charge is 0.417 e. The van der Waals surface area contributed by atoms with E-state index in [1.54, 1.807) is 13.1 Å². The van der Waals surface area contributed by atoms with E-state index >= 15 is 0 Å². The molecule has 2 aromatic rings. The van der Waals surface area contributed by atoms with Gasteiger partial charge in [-0.15, -0.1) is 0 Å². The average molecular weight is 302 g/mol. The number of nitrogens with zero attached hydrogens (tertiary/aromatic N) is 3. The summed E-state index contributed by atoms with van der Waals surface area (Å²) in [5.41, 5.74) is 5.28. The van der Waals surface area contributed by atoms with Gasteiger partial charge < -0.3 is 5.73 Å². The van der Waals surface area contributed by atoms with Crippen molar-refractivity contribution in [1.82, 2.24) is 14.8 Å². The minimum absolute atomic E-state index is 0.106. The SMILES string of the molecule is Cn1ncnc1Sc1ccc(CCN)cc1C(F)(F)F. The van der Waals surface area contributed by atoms with E-state index in [9.17, 15) is 13.2 Å². The minimum atomic E-state index is -4.41. The molecule has 0 unspecified atom stereocenters. The maximum absolute atomic E-state index is 13.1. The first-order valence-corrected chi connectivity index (χ1v) is 6.65. The maximum Gasteiger partial charge on any atom is 0.417 e. The highest BCUT2D eigenvalue weighted by molar-refractivity contribution is 7.99. The molecule has 0 fully saturated rings. The first kappa shape index (κ1) is 14.9. The summed E-state index contributed by atoms with van der Waals surface area (Å²) in [6, 6.07) is 4.25. The van der Waals surface area contributed by atoms with Crippen molar-refractivity contribution in [1.29, 1.82) is 0 Å². The molecule has 1 aromatic heterocycles. The minimum Gasteiger partial charge on any atom is -0.330 e. The van der Waals surface area contributed by atoms with Crippen molar-refractivity contribution in [2.24, 2.45) is 12.8 Å². The van der Waals surface area contributed by atoms with Gasteiger partial charge in [-0.3, -0.25) is 0 Å². The molecule has 1 aromatic carbocycles. The molecule has 1 heterocycles. The first-order valence-electron chi connectivity index (χ1n) is 5.84. The van der Waals surface area contributed by atoms with Crippen LogP contribution in [0.5, 0.6) is 0 Å². The van der Waals surface area contributed by atoms with Crippen LogP contribution in [0.2, 0.25) is 0 Å². The van der Waals surface area contributed by atoms with Gasteiger partial charge >= 0.3 is 6.18 Å². The van der Waals surface area contributed by atoms with Crippen molar-refractivity contribution in [3.05, 3.63) is 35.7 Å². The third kappa shape index (κ3) is 3.31. The molecule has 0 aliphatic heterocycles. The summed E-state index contributed by atoms with van der Waals surface area (Å²) < 4.78 is 40.8. The van der Waals surface area contributed by atoms with E-state index in [2.05, 4.69) is 10.1 Å². The number of halogens is 3. The summed E-state index contributed by atoms with van der Waals surface area (Å²) in [6.45, 7) is 0.313. The van der Waals surface area contributed by atoms with Crippen LogP contribution in [-0.4, -0.2) is 21.3 Å². The van der Waals surface area contributed by atoms with Crippen LogP contribution in [0.25, 0.3) is 0 Å². The molecular weight excluding hydrogens is 289 g/mol. The third-order valence-electron chi connectivity index (χ3n) is 2.65. The van der Waals surface area contributed by atoms with E-state index < -0.39 is 11.7 Å². The van der Waals surface area contributed by atoms with Gasteiger partial charge in [-0.05, 0) is 42.4 Å². The first-order chi connectivity index (χ1) is 9.41. The molecule has 0 spiro atoms. The Morgan fingerprint density at radius 3 is 2.65 bits per heavy atom. The van der Waals surface area contributed by atoms with E-state index in [4.69, 9.17) is 5.73 Å². The molecule has 0 atom stereocenters. The van der Waals surface area contributed by atoms with Crippen LogP contribution < -0.4 is 5.73 Å². The van der Waals surface area contributed by atoms with Gasteiger partial charge in [0.25, 0.3) is 0 Å². The number of rotatable bonds is 4. The van der Waals surface area contributed by atoms with Gasteiger partial charge in [0.1, 0.15) is 6.33 Å². The summed E-state index contributed by atoms with van der Waals surface area (Å²) >= 11 is 0.939. The number of hydrogen-bond donors (Lipinski definition) is 1. The van der Waals surface area contributed by atoms with Crippen molar-refractivity contribution in [2.45, 2.75) is 22.6 Å². The van der Waals surface area contributed by atoms with Crippen molar-refractivity contribution in [3.8, 4) is 0 Å². The molecule has 2 N–H and O–H groups in total. The van der Waals surface area contributed by atoms with Crippen LogP contribution in [0.3, 0.4) is 0 Å². The Balaban J connectivity index is 2.39. The molecule has 0 radical (unpaired) electrons. The summed E-state index contributed by atoms with van der Waals surface area (Å²) in [5.74, 6) is 0. The van der Waals surface area contributed by atoms with E-state index in [0.717, 1.165) is 17.8 Å². The zero-order valence-electron chi connectivity index (χ0n) is 10.7. The van der Waals surface area contributed by atoms with E-state index in [0.29, 0.717) is 23.7 Å². The van der Waals surface area contributed by atoms with Crippen LogP contribution in [-0.2, 0) is 19.6 Å². The Kier molecular flexibility index (Phi) is 4.34. The highest BCUT2D eigenvalue weighted by Crippen LogP contribution is 2.39. The average Bonchev–Trinajstić information content (AvgIpc) is 2.76. The lowest BCUT2D eigenvalue weighted by atomic mass is 10.1. The second kappa shape index (κ2) is 5.84. The van der Waals surface area contributed by atoms with Crippen LogP contribution in [0.1, 0.15) is 11.1 Å². The summed E-state index contributed by atoms with van der Waals surface area (Å²) in [7, 11) is 1.63. The smallest absolute Gasteiger partial charge is 0.330 e. The van der Waals surface area contributed by atoms with Gasteiger partial charge in [-0.2, -0.15) is 18.3 Å². The number of aromatic nitrogens is 3. The molecule has 0 aliphatic rings. The molecule has 20 heavy (non-hydrogen) atoms. The Labute approximate surface area is 118 Å². The zero-order chi connectivity index (χ0) is 14.8. The highest BCUT2D eigenvalue weighted by Gasteiger charge is 2.34. The molecule has 8 heteroatoms. The molecule has 2 rings (SSSR count). The maximum atomic E-state index is 13.1. The molecule has 0 saturated carbocycles. The van der Waals surface area contributed by atoms with Crippen LogP contribution >= 0.6 is 11.8 Å². The fourth-order valence-corrected chi connectivity index (χ4v) is 2.58. The Morgan fingerprint density at radius 1 is 1.35 bits per heavy atom. The fourth-order valence-electron chi connectivity index (χ4n) is 1.69. The quantitative estimate of drug-likeness (QED) is 0.942. The van der Waals surface area contributed by atoms with Gasteiger partial charge in [0, 0.05) is 11.9 Å². The van der Waals surface area contributed by atoms with Crippen molar-refractivity contribution in [2.75, 3.05) is 6.54 Å². The van der Waals surface area contributed by atoms with Crippen molar-refractivity contribution < 1.29 is 13.2 Å². The normalized spacial score (nSPS) is 11.8. The molecule has 4 nitrogen and oxygen atoms in total. The monoisotopic (exact) mass is 302 g/mol. The molecule has 0 saturated heterocycles. The van der Waals surface area contributed by atoms with Gasteiger partial charge in [0.05, 0.1) is 5.56 Å². The number of benzene rings is 1. The van der Waals surface area contributed by atoms with Crippen LogP contribution in [0, 0.1) is 0 Å². The predicted molar refractivity (Wildman–Crippen MR) is 69.3 cm³/mol. The summed E-state index contributed by atoms with van der Waals surface area (Å²) in [6.07, 6.45) is -2.69. The zero-order valence-corrected chi connectivity index (χ0v) is 11.5. The Hall–Kier alpha value is -1.54. The number of alkyl halides is 3. The second-order valence-corrected chi connectivity index (χ2v) is 5.14. The Morgan fingerprint density at radius 2 is 2.10 bits per heavy atom. The number of aryl methyl sites for hydroxylation is 1. The summed E-state index contributed by atoms with van der Waals surface area (Å²) in [5, 5.41) is 4.24. The lowest BCUT2D eigenvalue weighted by Gasteiger charge is -2.13. The third-order valence-corrected chi connectivity index (χ3v) is 3.78. The predicted octanol–water partition coefficient (Wildman–Crippen LogP) is 2.49. The van der Waals surface area contributed by atoms with Crippen molar-refractivity contribution >= 4 is 11.8 Å². The lowest BCUT2D eigenvalue weighted by Crippen LogP contribution is -2.10. The molecular formula is C12H13F3N4S. The fraction of sp³-hybridized carbons (Fsp3) is 0.333. The molecule has 0 amide bonds.